The van der Waals surface area contributed by atoms with Crippen LogP contribution in [-0.2, 0) is 18.4 Å². The highest BCUT2D eigenvalue weighted by atomic mass is 19.1. The van der Waals surface area contributed by atoms with Crippen LogP contribution in [-0.4, -0.2) is 4.98 Å². The van der Waals surface area contributed by atoms with Gasteiger partial charge in [-0.05, 0) is 76.5 Å². The zero-order valence-corrected chi connectivity index (χ0v) is 17.8. The first-order valence-corrected chi connectivity index (χ1v) is 11.1. The minimum absolute atomic E-state index is 0.142. The van der Waals surface area contributed by atoms with Crippen molar-refractivity contribution >= 4 is 0 Å². The lowest BCUT2D eigenvalue weighted by Gasteiger charge is -2.19. The molecule has 4 heteroatoms. The van der Waals surface area contributed by atoms with Gasteiger partial charge in [-0.2, -0.15) is 0 Å². The Morgan fingerprint density at radius 3 is 2.68 bits per heavy atom. The van der Waals surface area contributed by atoms with Crippen LogP contribution in [0.4, 0.5) is 8.78 Å². The quantitative estimate of drug-likeness (QED) is 0.489. The molecule has 0 spiro atoms. The topological polar surface area (TPSA) is 22.1 Å². The number of ether oxygens (including phenoxy) is 1. The van der Waals surface area contributed by atoms with Gasteiger partial charge in [0.25, 0.3) is 0 Å². The first-order valence-electron chi connectivity index (χ1n) is 11.1. The number of fused-ring (bicyclic) bond motifs is 4. The van der Waals surface area contributed by atoms with Crippen molar-refractivity contribution in [2.45, 2.75) is 57.0 Å². The van der Waals surface area contributed by atoms with Crippen LogP contribution in [0, 0.1) is 17.6 Å². The Bertz CT molecular complexity index is 1180. The van der Waals surface area contributed by atoms with E-state index in [1.54, 1.807) is 0 Å². The van der Waals surface area contributed by atoms with E-state index < -0.39 is 11.6 Å². The van der Waals surface area contributed by atoms with E-state index in [-0.39, 0.29) is 16.9 Å². The van der Waals surface area contributed by atoms with Gasteiger partial charge in [0.2, 0.25) is 5.88 Å². The smallest absolute Gasteiger partial charge is 0.213 e. The molecule has 31 heavy (non-hydrogen) atoms. The summed E-state index contributed by atoms with van der Waals surface area (Å²) in [5.41, 5.74) is 5.94. The highest BCUT2D eigenvalue weighted by Crippen LogP contribution is 2.56. The van der Waals surface area contributed by atoms with E-state index in [2.05, 4.69) is 43.1 Å². The van der Waals surface area contributed by atoms with Crippen molar-refractivity contribution in [1.29, 1.82) is 0 Å². The van der Waals surface area contributed by atoms with Crippen molar-refractivity contribution in [2.75, 3.05) is 0 Å². The van der Waals surface area contributed by atoms with Crippen LogP contribution in [0.25, 0.3) is 0 Å². The maximum atomic E-state index is 14.6. The lowest BCUT2D eigenvalue weighted by atomic mass is 9.85. The van der Waals surface area contributed by atoms with Crippen LogP contribution in [0.5, 0.6) is 5.88 Å². The third-order valence-corrected chi connectivity index (χ3v) is 7.47. The molecule has 0 radical (unpaired) electrons. The molecule has 3 aromatic rings. The molecule has 2 nitrogen and oxygen atoms in total. The number of benzene rings is 2. The van der Waals surface area contributed by atoms with Gasteiger partial charge < -0.3 is 4.74 Å². The minimum Gasteiger partial charge on any atom is -0.473 e. The molecule has 1 aromatic heterocycles. The van der Waals surface area contributed by atoms with E-state index in [0.29, 0.717) is 18.9 Å². The molecule has 6 rings (SSSR count). The second-order valence-electron chi connectivity index (χ2n) is 10.0. The number of halogens is 2. The standard InChI is InChI=1S/C27H25F2NO/c1-27(2)12-20(26-23(28)4-3-5-24(26)29)19-8-15(6-7-22(19)27)14-31-25-11-17-9-16-10-18(16)21(17)13-30-25/h3-8,11,13,16,18,20H,9-10,12,14H2,1-2H3. The molecule has 158 valence electrons. The van der Waals surface area contributed by atoms with Gasteiger partial charge in [0.05, 0.1) is 0 Å². The second kappa shape index (κ2) is 6.62. The van der Waals surface area contributed by atoms with Gasteiger partial charge in [-0.25, -0.2) is 13.8 Å². The van der Waals surface area contributed by atoms with Crippen LogP contribution in [0.2, 0.25) is 0 Å². The average molecular weight is 417 g/mol. The molecule has 0 amide bonds. The summed E-state index contributed by atoms with van der Waals surface area (Å²) in [6.07, 6.45) is 5.11. The third-order valence-electron chi connectivity index (χ3n) is 7.47. The summed E-state index contributed by atoms with van der Waals surface area (Å²) < 4.78 is 35.2. The van der Waals surface area contributed by atoms with Crippen LogP contribution in [0.3, 0.4) is 0 Å². The van der Waals surface area contributed by atoms with Crippen molar-refractivity contribution in [3.63, 3.8) is 0 Å². The molecule has 0 saturated heterocycles. The number of rotatable bonds is 4. The lowest BCUT2D eigenvalue weighted by molar-refractivity contribution is 0.293. The predicted molar refractivity (Wildman–Crippen MR) is 115 cm³/mol. The summed E-state index contributed by atoms with van der Waals surface area (Å²) in [5.74, 6) is 0.954. The zero-order valence-electron chi connectivity index (χ0n) is 17.8. The Labute approximate surface area is 181 Å². The first kappa shape index (κ1) is 19.0. The Kier molecular flexibility index (Phi) is 4.05. The summed E-state index contributed by atoms with van der Waals surface area (Å²) in [6, 6.07) is 12.4. The number of hydrogen-bond acceptors (Lipinski definition) is 2. The second-order valence-corrected chi connectivity index (χ2v) is 10.0. The van der Waals surface area contributed by atoms with Gasteiger partial charge in [0.1, 0.15) is 18.2 Å². The molecule has 1 saturated carbocycles. The summed E-state index contributed by atoms with van der Waals surface area (Å²) in [7, 11) is 0. The Balaban J connectivity index is 1.28. The molecule has 3 aliphatic rings. The summed E-state index contributed by atoms with van der Waals surface area (Å²) in [4.78, 5) is 4.50. The summed E-state index contributed by atoms with van der Waals surface area (Å²) >= 11 is 0. The van der Waals surface area contributed by atoms with Gasteiger partial charge >= 0.3 is 0 Å². The number of aromatic nitrogens is 1. The van der Waals surface area contributed by atoms with Crippen LogP contribution >= 0.6 is 0 Å². The van der Waals surface area contributed by atoms with Crippen molar-refractivity contribution < 1.29 is 13.5 Å². The van der Waals surface area contributed by atoms with E-state index in [4.69, 9.17) is 4.74 Å². The van der Waals surface area contributed by atoms with Gasteiger partial charge in [-0.1, -0.05) is 38.1 Å². The molecular formula is C27H25F2NO. The van der Waals surface area contributed by atoms with Crippen molar-refractivity contribution in [3.8, 4) is 5.88 Å². The Morgan fingerprint density at radius 2 is 1.87 bits per heavy atom. The third kappa shape index (κ3) is 3.07. The highest BCUT2D eigenvalue weighted by molar-refractivity contribution is 5.49. The van der Waals surface area contributed by atoms with Crippen LogP contribution in [0.15, 0.2) is 48.7 Å². The normalized spacial score (nSPS) is 24.5. The van der Waals surface area contributed by atoms with E-state index in [1.807, 2.05) is 6.20 Å². The van der Waals surface area contributed by atoms with Crippen LogP contribution in [0.1, 0.15) is 71.9 Å². The number of pyridine rings is 1. The van der Waals surface area contributed by atoms with E-state index in [1.165, 1.54) is 35.7 Å². The fourth-order valence-electron chi connectivity index (χ4n) is 5.81. The Morgan fingerprint density at radius 1 is 1.06 bits per heavy atom. The summed E-state index contributed by atoms with van der Waals surface area (Å²) in [6.45, 7) is 4.67. The van der Waals surface area contributed by atoms with Crippen molar-refractivity contribution in [3.05, 3.63) is 93.7 Å². The molecule has 2 aromatic carbocycles. The average Bonchev–Trinajstić information content (AvgIpc) is 3.33. The molecule has 3 aliphatic carbocycles. The molecule has 1 fully saturated rings. The number of nitrogens with zero attached hydrogens (tertiary/aromatic N) is 1. The molecule has 3 unspecified atom stereocenters. The SMILES string of the molecule is CC1(C)CC(c2c(F)cccc2F)c2cc(COc3cc4c(cn3)C3CC3C4)ccc21. The van der Waals surface area contributed by atoms with Crippen molar-refractivity contribution in [2.24, 2.45) is 5.92 Å². The van der Waals surface area contributed by atoms with Gasteiger partial charge in [0.15, 0.2) is 0 Å². The first-order chi connectivity index (χ1) is 14.9. The molecule has 1 heterocycles. The largest absolute Gasteiger partial charge is 0.473 e. The molecule has 0 N–H and O–H groups in total. The highest BCUT2D eigenvalue weighted by Gasteiger charge is 2.45. The number of hydrogen-bond donors (Lipinski definition) is 0. The molecule has 0 bridgehead atoms. The fraction of sp³-hybridized carbons (Fsp3) is 0.370. The monoisotopic (exact) mass is 417 g/mol. The van der Waals surface area contributed by atoms with E-state index >= 15 is 0 Å². The van der Waals surface area contributed by atoms with E-state index in [9.17, 15) is 8.78 Å². The van der Waals surface area contributed by atoms with Gasteiger partial charge in [-0.15, -0.1) is 0 Å². The molecule has 3 atom stereocenters. The molecular weight excluding hydrogens is 392 g/mol. The lowest BCUT2D eigenvalue weighted by Crippen LogP contribution is -2.13. The summed E-state index contributed by atoms with van der Waals surface area (Å²) in [5, 5.41) is 0. The van der Waals surface area contributed by atoms with Crippen molar-refractivity contribution in [1.82, 2.24) is 4.98 Å². The van der Waals surface area contributed by atoms with Gasteiger partial charge in [0, 0.05) is 23.7 Å². The molecule has 0 aliphatic heterocycles. The fourth-order valence-corrected chi connectivity index (χ4v) is 5.81. The minimum atomic E-state index is -0.476. The maximum absolute atomic E-state index is 14.6. The van der Waals surface area contributed by atoms with Gasteiger partial charge in [-0.3, -0.25) is 0 Å². The maximum Gasteiger partial charge on any atom is 0.213 e. The predicted octanol–water partition coefficient (Wildman–Crippen LogP) is 6.41. The van der Waals surface area contributed by atoms with Crippen LogP contribution < -0.4 is 4.74 Å². The zero-order chi connectivity index (χ0) is 21.3. The Hall–Kier alpha value is -2.75. The van der Waals surface area contributed by atoms with E-state index in [0.717, 1.165) is 34.9 Å².